The Morgan fingerprint density at radius 2 is 1.96 bits per heavy atom. The predicted molar refractivity (Wildman–Crippen MR) is 92.0 cm³/mol. The number of likely N-dealkylation sites (tertiary alicyclic amines) is 1. The number of rotatable bonds is 4. The number of aryl methyl sites for hydroxylation is 1. The minimum absolute atomic E-state index is 0.0148. The quantitative estimate of drug-likeness (QED) is 0.944. The van der Waals surface area contributed by atoms with Crippen LogP contribution >= 0.6 is 0 Å². The smallest absolute Gasteiger partial charge is 0.230 e. The average molecular weight is 309 g/mol. The van der Waals surface area contributed by atoms with Gasteiger partial charge in [-0.05, 0) is 30.5 Å². The molecule has 4 heteroatoms. The maximum absolute atomic E-state index is 12.6. The van der Waals surface area contributed by atoms with Crippen molar-refractivity contribution in [2.75, 3.05) is 18.4 Å². The first kappa shape index (κ1) is 15.7. The van der Waals surface area contributed by atoms with Crippen LogP contribution in [0.1, 0.15) is 18.2 Å². The minimum atomic E-state index is 0.0148. The predicted octanol–water partition coefficient (Wildman–Crippen LogP) is 3.10. The lowest BCUT2D eigenvalue weighted by Gasteiger charge is -2.16. The van der Waals surface area contributed by atoms with E-state index in [1.54, 1.807) is 0 Å². The van der Waals surface area contributed by atoms with Crippen molar-refractivity contribution in [1.82, 2.24) is 9.88 Å². The third-order valence-electron chi connectivity index (χ3n) is 4.41. The number of hydrogen-bond acceptors (Lipinski definition) is 3. The summed E-state index contributed by atoms with van der Waals surface area (Å²) in [6, 6.07) is 16.1. The lowest BCUT2D eigenvalue weighted by Crippen LogP contribution is -2.29. The van der Waals surface area contributed by atoms with Gasteiger partial charge < -0.3 is 5.32 Å². The minimum Gasteiger partial charge on any atom is -0.310 e. The van der Waals surface area contributed by atoms with E-state index in [1.165, 1.54) is 5.56 Å². The van der Waals surface area contributed by atoms with E-state index in [1.807, 2.05) is 31.2 Å². The zero-order valence-corrected chi connectivity index (χ0v) is 13.7. The summed E-state index contributed by atoms with van der Waals surface area (Å²) in [4.78, 5) is 19.3. The van der Waals surface area contributed by atoms with E-state index in [4.69, 9.17) is 0 Å². The summed E-state index contributed by atoms with van der Waals surface area (Å²) in [5, 5.41) is 2.96. The number of hydrogen-bond donors (Lipinski definition) is 1. The molecule has 1 N–H and O–H groups in total. The van der Waals surface area contributed by atoms with Crippen LogP contribution in [0, 0.1) is 18.8 Å². The molecule has 2 heterocycles. The second kappa shape index (κ2) is 6.92. The molecule has 0 radical (unpaired) electrons. The van der Waals surface area contributed by atoms with Gasteiger partial charge in [0.2, 0.25) is 5.91 Å². The second-order valence-corrected chi connectivity index (χ2v) is 6.42. The summed E-state index contributed by atoms with van der Waals surface area (Å²) in [5.41, 5.74) is 2.20. The topological polar surface area (TPSA) is 45.2 Å². The van der Waals surface area contributed by atoms with Gasteiger partial charge in [-0.25, -0.2) is 4.98 Å². The SMILES string of the molecule is Cc1cccc(NC(=O)C2CN(Cc3ccccc3)CC2C)n1. The fourth-order valence-corrected chi connectivity index (χ4v) is 3.21. The third kappa shape index (κ3) is 3.96. The number of pyridine rings is 1. The summed E-state index contributed by atoms with van der Waals surface area (Å²) in [7, 11) is 0. The Hall–Kier alpha value is -2.20. The van der Waals surface area contributed by atoms with Crippen LogP contribution in [0.5, 0.6) is 0 Å². The fourth-order valence-electron chi connectivity index (χ4n) is 3.21. The van der Waals surface area contributed by atoms with Crippen LogP contribution in [0.2, 0.25) is 0 Å². The number of aromatic nitrogens is 1. The second-order valence-electron chi connectivity index (χ2n) is 6.42. The molecule has 1 saturated heterocycles. The molecule has 0 bridgehead atoms. The van der Waals surface area contributed by atoms with Crippen molar-refractivity contribution in [2.24, 2.45) is 11.8 Å². The maximum atomic E-state index is 12.6. The molecule has 4 nitrogen and oxygen atoms in total. The number of carbonyl (C=O) groups is 1. The summed E-state index contributed by atoms with van der Waals surface area (Å²) in [6.07, 6.45) is 0. The van der Waals surface area contributed by atoms with Gasteiger partial charge in [0, 0.05) is 25.3 Å². The Bertz CT molecular complexity index is 671. The first-order chi connectivity index (χ1) is 11.1. The zero-order valence-electron chi connectivity index (χ0n) is 13.7. The highest BCUT2D eigenvalue weighted by molar-refractivity contribution is 5.92. The molecule has 0 spiro atoms. The number of amides is 1. The van der Waals surface area contributed by atoms with E-state index in [-0.39, 0.29) is 11.8 Å². The van der Waals surface area contributed by atoms with Crippen LogP contribution in [0.25, 0.3) is 0 Å². The molecule has 1 aromatic heterocycles. The maximum Gasteiger partial charge on any atom is 0.230 e. The summed E-state index contributed by atoms with van der Waals surface area (Å²) in [5.74, 6) is 1.08. The molecule has 1 amide bonds. The van der Waals surface area contributed by atoms with Gasteiger partial charge in [0.05, 0.1) is 5.92 Å². The van der Waals surface area contributed by atoms with Gasteiger partial charge in [-0.2, -0.15) is 0 Å². The van der Waals surface area contributed by atoms with E-state index >= 15 is 0 Å². The van der Waals surface area contributed by atoms with Gasteiger partial charge in [-0.3, -0.25) is 9.69 Å². The van der Waals surface area contributed by atoms with E-state index in [0.717, 1.165) is 25.3 Å². The highest BCUT2D eigenvalue weighted by atomic mass is 16.2. The first-order valence-electron chi connectivity index (χ1n) is 8.12. The molecule has 120 valence electrons. The Morgan fingerprint density at radius 1 is 1.17 bits per heavy atom. The molecule has 2 unspecified atom stereocenters. The standard InChI is InChI=1S/C19H23N3O/c1-14-11-22(12-16-8-4-3-5-9-16)13-17(14)19(23)21-18-10-6-7-15(2)20-18/h3-10,14,17H,11-13H2,1-2H3,(H,20,21,23). The molecule has 0 aliphatic carbocycles. The van der Waals surface area contributed by atoms with Crippen LogP contribution in [0.3, 0.4) is 0 Å². The van der Waals surface area contributed by atoms with Gasteiger partial charge in [0.1, 0.15) is 5.82 Å². The average Bonchev–Trinajstić information content (AvgIpc) is 2.89. The molecule has 2 aromatic rings. The normalized spacial score (nSPS) is 21.3. The van der Waals surface area contributed by atoms with Gasteiger partial charge in [-0.1, -0.05) is 43.3 Å². The molecule has 1 fully saturated rings. The van der Waals surface area contributed by atoms with E-state index in [9.17, 15) is 4.79 Å². The Labute approximate surface area is 137 Å². The Morgan fingerprint density at radius 3 is 2.70 bits per heavy atom. The molecule has 1 aliphatic heterocycles. The van der Waals surface area contributed by atoms with E-state index in [2.05, 4.69) is 46.4 Å². The van der Waals surface area contributed by atoms with Crippen molar-refractivity contribution in [3.05, 3.63) is 59.8 Å². The fraction of sp³-hybridized carbons (Fsp3) is 0.368. The molecule has 23 heavy (non-hydrogen) atoms. The Balaban J connectivity index is 1.61. The highest BCUT2D eigenvalue weighted by Gasteiger charge is 2.34. The first-order valence-corrected chi connectivity index (χ1v) is 8.12. The number of nitrogens with zero attached hydrogens (tertiary/aromatic N) is 2. The van der Waals surface area contributed by atoms with Crippen LogP contribution in [-0.4, -0.2) is 28.9 Å². The van der Waals surface area contributed by atoms with Crippen LogP contribution < -0.4 is 5.32 Å². The number of anilines is 1. The summed E-state index contributed by atoms with van der Waals surface area (Å²) in [6.45, 7) is 6.73. The lowest BCUT2D eigenvalue weighted by molar-refractivity contribution is -0.120. The monoisotopic (exact) mass is 309 g/mol. The van der Waals surface area contributed by atoms with Crippen molar-refractivity contribution >= 4 is 11.7 Å². The summed E-state index contributed by atoms with van der Waals surface area (Å²) < 4.78 is 0. The molecule has 1 aromatic carbocycles. The number of benzene rings is 1. The molecular weight excluding hydrogens is 286 g/mol. The van der Waals surface area contributed by atoms with Crippen molar-refractivity contribution in [3.8, 4) is 0 Å². The van der Waals surface area contributed by atoms with Gasteiger partial charge in [0.15, 0.2) is 0 Å². The molecule has 3 rings (SSSR count). The van der Waals surface area contributed by atoms with Crippen molar-refractivity contribution in [3.63, 3.8) is 0 Å². The zero-order chi connectivity index (χ0) is 16.2. The number of nitrogens with one attached hydrogen (secondary N) is 1. The molecule has 2 atom stereocenters. The summed E-state index contributed by atoms with van der Waals surface area (Å²) >= 11 is 0. The van der Waals surface area contributed by atoms with Gasteiger partial charge in [-0.15, -0.1) is 0 Å². The Kier molecular flexibility index (Phi) is 4.72. The largest absolute Gasteiger partial charge is 0.310 e. The lowest BCUT2D eigenvalue weighted by atomic mass is 9.97. The van der Waals surface area contributed by atoms with E-state index in [0.29, 0.717) is 11.7 Å². The van der Waals surface area contributed by atoms with Crippen molar-refractivity contribution in [2.45, 2.75) is 20.4 Å². The number of carbonyl (C=O) groups excluding carboxylic acids is 1. The van der Waals surface area contributed by atoms with Gasteiger partial charge >= 0.3 is 0 Å². The highest BCUT2D eigenvalue weighted by Crippen LogP contribution is 2.25. The molecule has 1 aliphatic rings. The molecule has 0 saturated carbocycles. The van der Waals surface area contributed by atoms with Crippen molar-refractivity contribution < 1.29 is 4.79 Å². The third-order valence-corrected chi connectivity index (χ3v) is 4.41. The van der Waals surface area contributed by atoms with Gasteiger partial charge in [0.25, 0.3) is 0 Å². The van der Waals surface area contributed by atoms with E-state index < -0.39 is 0 Å². The molecular formula is C19H23N3O. The van der Waals surface area contributed by atoms with Crippen molar-refractivity contribution in [1.29, 1.82) is 0 Å². The van der Waals surface area contributed by atoms with Crippen LogP contribution in [0.15, 0.2) is 48.5 Å². The van der Waals surface area contributed by atoms with Crippen LogP contribution in [-0.2, 0) is 11.3 Å². The van der Waals surface area contributed by atoms with Crippen LogP contribution in [0.4, 0.5) is 5.82 Å².